The van der Waals surface area contributed by atoms with Crippen LogP contribution in [0.2, 0.25) is 0 Å². The minimum atomic E-state index is -3.78. The quantitative estimate of drug-likeness (QED) is 0.905. The number of benzene rings is 1. The number of nitrogens with zero attached hydrogens (tertiary/aromatic N) is 1. The van der Waals surface area contributed by atoms with Crippen molar-refractivity contribution in [1.82, 2.24) is 4.31 Å². The van der Waals surface area contributed by atoms with Crippen molar-refractivity contribution in [3.05, 3.63) is 29.6 Å². The van der Waals surface area contributed by atoms with Gasteiger partial charge in [0, 0.05) is 13.1 Å². The molecule has 1 aliphatic rings. The van der Waals surface area contributed by atoms with Gasteiger partial charge >= 0.3 is 0 Å². The topological polar surface area (TPSA) is 80.5 Å². The molecular weight excluding hydrogens is 283 g/mol. The van der Waals surface area contributed by atoms with Crippen LogP contribution in [0.5, 0.6) is 0 Å². The van der Waals surface area contributed by atoms with Crippen molar-refractivity contribution in [3.63, 3.8) is 0 Å². The molecule has 5 nitrogen and oxygen atoms in total. The van der Waals surface area contributed by atoms with Crippen LogP contribution >= 0.6 is 0 Å². The summed E-state index contributed by atoms with van der Waals surface area (Å²) in [5.41, 5.74) is 5.62. The third-order valence-electron chi connectivity index (χ3n) is 3.57. The number of primary amides is 1. The van der Waals surface area contributed by atoms with Crippen LogP contribution in [0, 0.1) is 18.7 Å². The Bertz CT molecular complexity index is 631. The smallest absolute Gasteiger partial charge is 0.243 e. The van der Waals surface area contributed by atoms with Crippen molar-refractivity contribution in [2.75, 3.05) is 13.1 Å². The Hall–Kier alpha value is -1.47. The van der Waals surface area contributed by atoms with E-state index in [4.69, 9.17) is 5.73 Å². The third-order valence-corrected chi connectivity index (χ3v) is 5.43. The summed E-state index contributed by atoms with van der Waals surface area (Å²) in [4.78, 5) is 11.1. The van der Waals surface area contributed by atoms with Gasteiger partial charge in [0.15, 0.2) is 0 Å². The summed E-state index contributed by atoms with van der Waals surface area (Å²) in [7, 11) is -3.78. The number of piperidine rings is 1. The lowest BCUT2D eigenvalue weighted by atomic mass is 9.99. The first-order valence-corrected chi connectivity index (χ1v) is 7.82. The predicted octanol–water partition coefficient (Wildman–Crippen LogP) is 1.02. The molecule has 7 heteroatoms. The molecule has 1 aliphatic heterocycles. The monoisotopic (exact) mass is 300 g/mol. The standard InChI is InChI=1S/C13H17FN2O3S/c1-9-4-5-11(7-12(9)14)20(18,19)16-6-2-3-10(8-16)13(15)17/h4-5,7,10H,2-3,6,8H2,1H3,(H2,15,17). The highest BCUT2D eigenvalue weighted by atomic mass is 32.2. The minimum absolute atomic E-state index is 0.0627. The van der Waals surface area contributed by atoms with Crippen molar-refractivity contribution >= 4 is 15.9 Å². The van der Waals surface area contributed by atoms with E-state index in [1.165, 1.54) is 16.4 Å². The number of carbonyl (C=O) groups is 1. The van der Waals surface area contributed by atoms with Crippen molar-refractivity contribution in [3.8, 4) is 0 Å². The highest BCUT2D eigenvalue weighted by molar-refractivity contribution is 7.89. The Labute approximate surface area is 117 Å². The Morgan fingerprint density at radius 1 is 1.45 bits per heavy atom. The fraction of sp³-hybridized carbons (Fsp3) is 0.462. The molecule has 1 atom stereocenters. The van der Waals surface area contributed by atoms with E-state index in [-0.39, 0.29) is 11.4 Å². The first-order chi connectivity index (χ1) is 9.32. The van der Waals surface area contributed by atoms with Crippen LogP contribution in [0.25, 0.3) is 0 Å². The SMILES string of the molecule is Cc1ccc(S(=O)(=O)N2CCCC(C(N)=O)C2)cc1F. The van der Waals surface area contributed by atoms with Crippen LogP contribution in [-0.4, -0.2) is 31.7 Å². The fourth-order valence-electron chi connectivity index (χ4n) is 2.28. The number of hydrogen-bond acceptors (Lipinski definition) is 3. The lowest BCUT2D eigenvalue weighted by Crippen LogP contribution is -2.44. The molecule has 2 rings (SSSR count). The fourth-order valence-corrected chi connectivity index (χ4v) is 3.81. The Morgan fingerprint density at radius 3 is 2.75 bits per heavy atom. The average molecular weight is 300 g/mol. The second-order valence-electron chi connectivity index (χ2n) is 5.02. The van der Waals surface area contributed by atoms with Gasteiger partial charge in [-0.25, -0.2) is 12.8 Å². The van der Waals surface area contributed by atoms with Gasteiger partial charge in [0.1, 0.15) is 5.82 Å². The maximum atomic E-state index is 13.5. The maximum Gasteiger partial charge on any atom is 0.243 e. The highest BCUT2D eigenvalue weighted by Gasteiger charge is 2.32. The molecule has 110 valence electrons. The first-order valence-electron chi connectivity index (χ1n) is 6.38. The largest absolute Gasteiger partial charge is 0.369 e. The van der Waals surface area contributed by atoms with Crippen LogP contribution in [0.3, 0.4) is 0 Å². The number of aryl methyl sites for hydroxylation is 1. The maximum absolute atomic E-state index is 13.5. The number of hydrogen-bond donors (Lipinski definition) is 1. The molecule has 1 fully saturated rings. The average Bonchev–Trinajstić information content (AvgIpc) is 2.42. The normalized spacial score (nSPS) is 20.8. The first kappa shape index (κ1) is 14.9. The van der Waals surface area contributed by atoms with Gasteiger partial charge in [0.2, 0.25) is 15.9 Å². The van der Waals surface area contributed by atoms with Gasteiger partial charge in [0.25, 0.3) is 0 Å². The second kappa shape index (κ2) is 5.49. The molecular formula is C13H17FN2O3S. The molecule has 1 heterocycles. The number of halogens is 1. The highest BCUT2D eigenvalue weighted by Crippen LogP contribution is 2.24. The van der Waals surface area contributed by atoms with Crippen LogP contribution in [0.4, 0.5) is 4.39 Å². The van der Waals surface area contributed by atoms with E-state index in [0.717, 1.165) is 6.07 Å². The molecule has 1 saturated heterocycles. The zero-order valence-corrected chi connectivity index (χ0v) is 12.0. The van der Waals surface area contributed by atoms with Crippen LogP contribution in [0.1, 0.15) is 18.4 Å². The summed E-state index contributed by atoms with van der Waals surface area (Å²) in [6.07, 6.45) is 1.16. The van der Waals surface area contributed by atoms with Gasteiger partial charge < -0.3 is 5.73 Å². The number of rotatable bonds is 3. The lowest BCUT2D eigenvalue weighted by molar-refractivity contribution is -0.122. The molecule has 2 N–H and O–H groups in total. The number of amides is 1. The molecule has 0 saturated carbocycles. The molecule has 0 radical (unpaired) electrons. The Kier molecular flexibility index (Phi) is 4.10. The van der Waals surface area contributed by atoms with E-state index in [0.29, 0.717) is 24.9 Å². The van der Waals surface area contributed by atoms with Crippen LogP contribution < -0.4 is 5.73 Å². The van der Waals surface area contributed by atoms with E-state index >= 15 is 0 Å². The van der Waals surface area contributed by atoms with Crippen LogP contribution in [-0.2, 0) is 14.8 Å². The minimum Gasteiger partial charge on any atom is -0.369 e. The molecule has 1 amide bonds. The zero-order chi connectivity index (χ0) is 14.9. The lowest BCUT2D eigenvalue weighted by Gasteiger charge is -2.30. The molecule has 1 aromatic carbocycles. The zero-order valence-electron chi connectivity index (χ0n) is 11.2. The molecule has 1 aromatic rings. The second-order valence-corrected chi connectivity index (χ2v) is 6.95. The van der Waals surface area contributed by atoms with Crippen LogP contribution in [0.15, 0.2) is 23.1 Å². The Morgan fingerprint density at radius 2 is 2.15 bits per heavy atom. The molecule has 1 unspecified atom stereocenters. The summed E-state index contributed by atoms with van der Waals surface area (Å²) in [5.74, 6) is -1.54. The molecule has 0 bridgehead atoms. The van der Waals surface area contributed by atoms with Gasteiger partial charge in [-0.15, -0.1) is 0 Å². The number of nitrogens with two attached hydrogens (primary N) is 1. The summed E-state index contributed by atoms with van der Waals surface area (Å²) in [5, 5.41) is 0. The summed E-state index contributed by atoms with van der Waals surface area (Å²) < 4.78 is 39.6. The number of carbonyl (C=O) groups excluding carboxylic acids is 1. The summed E-state index contributed by atoms with van der Waals surface area (Å²) >= 11 is 0. The van der Waals surface area contributed by atoms with Crippen molar-refractivity contribution in [2.24, 2.45) is 11.7 Å². The molecule has 0 aromatic heterocycles. The van der Waals surface area contributed by atoms with E-state index in [2.05, 4.69) is 0 Å². The Balaban J connectivity index is 2.29. The van der Waals surface area contributed by atoms with E-state index in [1.807, 2.05) is 0 Å². The summed E-state index contributed by atoms with van der Waals surface area (Å²) in [6.45, 7) is 1.95. The molecule has 20 heavy (non-hydrogen) atoms. The van der Waals surface area contributed by atoms with Crippen molar-refractivity contribution in [2.45, 2.75) is 24.7 Å². The van der Waals surface area contributed by atoms with Gasteiger partial charge in [-0.1, -0.05) is 6.07 Å². The van der Waals surface area contributed by atoms with E-state index < -0.39 is 27.7 Å². The van der Waals surface area contributed by atoms with Gasteiger partial charge in [-0.2, -0.15) is 4.31 Å². The molecule has 0 spiro atoms. The predicted molar refractivity (Wildman–Crippen MR) is 71.8 cm³/mol. The molecule has 0 aliphatic carbocycles. The summed E-state index contributed by atoms with van der Waals surface area (Å²) in [6, 6.07) is 3.82. The van der Waals surface area contributed by atoms with E-state index in [9.17, 15) is 17.6 Å². The van der Waals surface area contributed by atoms with Crippen molar-refractivity contribution in [1.29, 1.82) is 0 Å². The van der Waals surface area contributed by atoms with E-state index in [1.54, 1.807) is 6.92 Å². The number of sulfonamides is 1. The van der Waals surface area contributed by atoms with Gasteiger partial charge in [-0.3, -0.25) is 4.79 Å². The van der Waals surface area contributed by atoms with Gasteiger partial charge in [0.05, 0.1) is 10.8 Å². The third kappa shape index (κ3) is 2.83. The van der Waals surface area contributed by atoms with Crippen molar-refractivity contribution < 1.29 is 17.6 Å². The van der Waals surface area contributed by atoms with Gasteiger partial charge in [-0.05, 0) is 37.5 Å².